The van der Waals surface area contributed by atoms with Gasteiger partial charge in [0.15, 0.2) is 6.61 Å². The summed E-state index contributed by atoms with van der Waals surface area (Å²) in [5.41, 5.74) is 2.84. The first-order valence-electron chi connectivity index (χ1n) is 9.58. The molecule has 2 aromatic rings. The van der Waals surface area contributed by atoms with Crippen LogP contribution in [0.2, 0.25) is 0 Å². The highest BCUT2D eigenvalue weighted by atomic mass is 16.5. The molecule has 0 unspecified atom stereocenters. The molecule has 0 saturated heterocycles. The molecule has 0 fully saturated rings. The molecule has 2 N–H and O–H groups in total. The van der Waals surface area contributed by atoms with Gasteiger partial charge in [-0.05, 0) is 34.9 Å². The Morgan fingerprint density at radius 3 is 2.66 bits per heavy atom. The van der Waals surface area contributed by atoms with Gasteiger partial charge >= 0.3 is 5.97 Å². The molecule has 0 atom stereocenters. The number of hydrogen-bond donors (Lipinski definition) is 2. The fraction of sp³-hybridized carbons (Fsp3) is 0.130. The Morgan fingerprint density at radius 1 is 1.16 bits per heavy atom. The van der Waals surface area contributed by atoms with Crippen LogP contribution in [-0.4, -0.2) is 42.3 Å². The van der Waals surface area contributed by atoms with E-state index in [0.29, 0.717) is 22.6 Å². The zero-order chi connectivity index (χ0) is 23.0. The molecule has 3 amide bonds. The molecule has 32 heavy (non-hydrogen) atoms. The van der Waals surface area contributed by atoms with E-state index >= 15 is 0 Å². The second-order valence-corrected chi connectivity index (χ2v) is 7.14. The van der Waals surface area contributed by atoms with Crippen LogP contribution in [0, 0.1) is 0 Å². The molecule has 0 radical (unpaired) electrons. The van der Waals surface area contributed by atoms with Gasteiger partial charge < -0.3 is 20.1 Å². The summed E-state index contributed by atoms with van der Waals surface area (Å²) in [4.78, 5) is 49.8. The lowest BCUT2D eigenvalue weighted by molar-refractivity contribution is -0.137. The topological polar surface area (TPSA) is 114 Å². The lowest BCUT2D eigenvalue weighted by Crippen LogP contribution is -2.36. The van der Waals surface area contributed by atoms with E-state index in [0.717, 1.165) is 18.2 Å². The minimum atomic E-state index is -0.798. The summed E-state index contributed by atoms with van der Waals surface area (Å²) in [6.45, 7) is 7.22. The number of anilines is 1. The van der Waals surface area contributed by atoms with E-state index in [4.69, 9.17) is 4.74 Å². The quantitative estimate of drug-likeness (QED) is 0.550. The van der Waals surface area contributed by atoms with E-state index in [-0.39, 0.29) is 36.4 Å². The molecule has 9 nitrogen and oxygen atoms in total. The number of methoxy groups -OCH3 is 1. The monoisotopic (exact) mass is 433 g/mol. The molecule has 2 heterocycles. The molecule has 0 aromatic heterocycles. The maximum absolute atomic E-state index is 13.0. The van der Waals surface area contributed by atoms with Gasteiger partial charge in [0.1, 0.15) is 17.1 Å². The van der Waals surface area contributed by atoms with Crippen LogP contribution >= 0.6 is 0 Å². The first kappa shape index (κ1) is 20.9. The summed E-state index contributed by atoms with van der Waals surface area (Å²) in [7, 11) is 1.16. The summed E-state index contributed by atoms with van der Waals surface area (Å²) in [5, 5.41) is 5.05. The predicted molar refractivity (Wildman–Crippen MR) is 114 cm³/mol. The van der Waals surface area contributed by atoms with Crippen molar-refractivity contribution in [3.63, 3.8) is 0 Å². The molecule has 2 aliphatic heterocycles. The van der Waals surface area contributed by atoms with E-state index in [9.17, 15) is 19.2 Å². The number of fused-ring (bicyclic) bond motifs is 2. The van der Waals surface area contributed by atoms with E-state index in [2.05, 4.69) is 28.5 Å². The van der Waals surface area contributed by atoms with Crippen LogP contribution in [0.15, 0.2) is 61.0 Å². The number of rotatable bonds is 5. The summed E-state index contributed by atoms with van der Waals surface area (Å²) in [5.74, 6) is -1.61. The fourth-order valence-electron chi connectivity index (χ4n) is 3.58. The van der Waals surface area contributed by atoms with Crippen molar-refractivity contribution in [1.82, 2.24) is 10.2 Å². The molecule has 0 aliphatic carbocycles. The minimum Gasteiger partial charge on any atom is -0.482 e. The van der Waals surface area contributed by atoms with Crippen LogP contribution in [0.25, 0.3) is 11.1 Å². The van der Waals surface area contributed by atoms with Crippen molar-refractivity contribution < 1.29 is 28.7 Å². The number of nitrogens with one attached hydrogen (secondary N) is 2. The highest BCUT2D eigenvalue weighted by Gasteiger charge is 2.34. The van der Waals surface area contributed by atoms with Crippen molar-refractivity contribution >= 4 is 29.4 Å². The summed E-state index contributed by atoms with van der Waals surface area (Å²) in [6.07, 6.45) is 0. The molecule has 0 saturated carbocycles. The minimum absolute atomic E-state index is 0.0386. The lowest BCUT2D eigenvalue weighted by Gasteiger charge is -2.19. The molecule has 162 valence electrons. The highest BCUT2D eigenvalue weighted by Crippen LogP contribution is 2.38. The van der Waals surface area contributed by atoms with E-state index in [1.165, 1.54) is 4.90 Å². The standard InChI is InChI=1S/C23H19N3O6/c1-12(23(30)31-3)24-21(28)13(2)26-10-17-15(5-4-6-16(17)22(26)29)14-7-8-19-18(9-14)25-20(27)11-32-19/h4-9H,1-2,10-11H2,3H3,(H,24,28)(H,25,27). The number of benzene rings is 2. The molecule has 0 spiro atoms. The third-order valence-electron chi connectivity index (χ3n) is 5.18. The number of hydrogen-bond acceptors (Lipinski definition) is 6. The van der Waals surface area contributed by atoms with Crippen molar-refractivity contribution in [2.75, 3.05) is 19.0 Å². The van der Waals surface area contributed by atoms with Gasteiger partial charge in [-0.1, -0.05) is 31.4 Å². The lowest BCUT2D eigenvalue weighted by atomic mass is 9.96. The average Bonchev–Trinajstić information content (AvgIpc) is 3.13. The van der Waals surface area contributed by atoms with Gasteiger partial charge in [0.2, 0.25) is 0 Å². The molecule has 4 rings (SSSR count). The Balaban J connectivity index is 1.61. The first-order chi connectivity index (χ1) is 15.3. The molecule has 9 heteroatoms. The summed E-state index contributed by atoms with van der Waals surface area (Å²) >= 11 is 0. The second kappa shape index (κ2) is 8.03. The van der Waals surface area contributed by atoms with Gasteiger partial charge in [-0.2, -0.15) is 0 Å². The normalized spacial score (nSPS) is 14.0. The van der Waals surface area contributed by atoms with Crippen LogP contribution in [0.3, 0.4) is 0 Å². The van der Waals surface area contributed by atoms with E-state index in [1.54, 1.807) is 24.3 Å². The van der Waals surface area contributed by atoms with Gasteiger partial charge in [-0.3, -0.25) is 19.3 Å². The van der Waals surface area contributed by atoms with Crippen LogP contribution in [0.5, 0.6) is 5.75 Å². The number of carbonyl (C=O) groups excluding carboxylic acids is 4. The van der Waals surface area contributed by atoms with Gasteiger partial charge in [-0.15, -0.1) is 0 Å². The SMILES string of the molecule is C=C(NC(=O)C(=C)N1Cc2c(cccc2-c2ccc3c(c2)NC(=O)CO3)C1=O)C(=O)OC. The van der Waals surface area contributed by atoms with Crippen LogP contribution < -0.4 is 15.4 Å². The second-order valence-electron chi connectivity index (χ2n) is 7.14. The van der Waals surface area contributed by atoms with Crippen molar-refractivity contribution in [3.05, 3.63) is 72.1 Å². The Hall–Kier alpha value is -4.40. The third-order valence-corrected chi connectivity index (χ3v) is 5.18. The molecule has 0 bridgehead atoms. The maximum atomic E-state index is 13.0. The van der Waals surface area contributed by atoms with Crippen molar-refractivity contribution in [2.45, 2.75) is 6.54 Å². The molecule has 2 aliphatic rings. The number of esters is 1. The van der Waals surface area contributed by atoms with Gasteiger partial charge in [0.05, 0.1) is 19.3 Å². The maximum Gasteiger partial charge on any atom is 0.353 e. The summed E-state index contributed by atoms with van der Waals surface area (Å²) < 4.78 is 9.90. The first-order valence-corrected chi connectivity index (χ1v) is 9.58. The van der Waals surface area contributed by atoms with E-state index < -0.39 is 11.9 Å². The van der Waals surface area contributed by atoms with Crippen molar-refractivity contribution in [3.8, 4) is 16.9 Å². The Bertz CT molecular complexity index is 1220. The van der Waals surface area contributed by atoms with Crippen LogP contribution in [0.4, 0.5) is 5.69 Å². The fourth-order valence-corrected chi connectivity index (χ4v) is 3.58. The van der Waals surface area contributed by atoms with Crippen molar-refractivity contribution in [1.29, 1.82) is 0 Å². The molecule has 2 aromatic carbocycles. The predicted octanol–water partition coefficient (Wildman–Crippen LogP) is 1.96. The van der Waals surface area contributed by atoms with Gasteiger partial charge in [0, 0.05) is 5.56 Å². The Morgan fingerprint density at radius 2 is 1.91 bits per heavy atom. The smallest absolute Gasteiger partial charge is 0.353 e. The van der Waals surface area contributed by atoms with Gasteiger partial charge in [0.25, 0.3) is 17.7 Å². The largest absolute Gasteiger partial charge is 0.482 e. The molecular weight excluding hydrogens is 414 g/mol. The highest BCUT2D eigenvalue weighted by molar-refractivity contribution is 6.08. The third kappa shape index (κ3) is 3.60. The zero-order valence-corrected chi connectivity index (χ0v) is 17.2. The number of amides is 3. The summed E-state index contributed by atoms with van der Waals surface area (Å²) in [6, 6.07) is 10.6. The van der Waals surface area contributed by atoms with Gasteiger partial charge in [-0.25, -0.2) is 4.79 Å². The number of carbonyl (C=O) groups is 4. The molecular formula is C23H19N3O6. The van der Waals surface area contributed by atoms with Crippen molar-refractivity contribution in [2.24, 2.45) is 0 Å². The number of nitrogens with zero attached hydrogens (tertiary/aromatic N) is 1. The van der Waals surface area contributed by atoms with E-state index in [1.807, 2.05) is 12.1 Å². The number of ether oxygens (including phenoxy) is 2. The average molecular weight is 433 g/mol. The Kier molecular flexibility index (Phi) is 5.23. The zero-order valence-electron chi connectivity index (χ0n) is 17.2. The van der Waals surface area contributed by atoms with Crippen LogP contribution in [0.1, 0.15) is 15.9 Å². The van der Waals surface area contributed by atoms with Crippen LogP contribution in [-0.2, 0) is 25.7 Å². The Labute approximate surface area is 183 Å².